The Bertz CT molecular complexity index is 767. The Labute approximate surface area is 129 Å². The van der Waals surface area contributed by atoms with Crippen LogP contribution in [0.3, 0.4) is 0 Å². The number of aromatic amines is 1. The van der Waals surface area contributed by atoms with Gasteiger partial charge in [0, 0.05) is 13.2 Å². The topological polar surface area (TPSA) is 97.2 Å². The number of furan rings is 1. The first kappa shape index (κ1) is 17.5. The number of hydrogen-bond donors (Lipinski definition) is 2. The Morgan fingerprint density at radius 2 is 2.13 bits per heavy atom. The predicted molar refractivity (Wildman–Crippen MR) is 73.0 cm³/mol. The third-order valence-electron chi connectivity index (χ3n) is 2.75. The van der Waals surface area contributed by atoms with Gasteiger partial charge in [-0.3, -0.25) is 5.10 Å². The molecule has 0 fully saturated rings. The highest BCUT2D eigenvalue weighted by atomic mass is 32.2. The average Bonchev–Trinajstić information content (AvgIpc) is 3.07. The van der Waals surface area contributed by atoms with Crippen LogP contribution in [0.25, 0.3) is 11.5 Å². The van der Waals surface area contributed by atoms with Gasteiger partial charge in [0.05, 0.1) is 6.61 Å². The highest BCUT2D eigenvalue weighted by Crippen LogP contribution is 2.31. The van der Waals surface area contributed by atoms with Crippen LogP contribution in [0.4, 0.5) is 13.2 Å². The predicted octanol–water partition coefficient (Wildman–Crippen LogP) is 2.00. The molecule has 2 rings (SSSR count). The molecule has 0 unspecified atom stereocenters. The number of rotatable bonds is 6. The van der Waals surface area contributed by atoms with Crippen molar-refractivity contribution in [3.8, 4) is 11.5 Å². The molecule has 11 heteroatoms. The maximum absolute atomic E-state index is 12.5. The molecule has 0 saturated heterocycles. The van der Waals surface area contributed by atoms with E-state index in [1.807, 2.05) is 5.10 Å². The maximum Gasteiger partial charge on any atom is 0.432 e. The van der Waals surface area contributed by atoms with Crippen molar-refractivity contribution in [2.24, 2.45) is 0 Å². The van der Waals surface area contributed by atoms with Crippen LogP contribution in [-0.2, 0) is 20.9 Å². The fraction of sp³-hybridized carbons (Fsp3) is 0.417. The lowest BCUT2D eigenvalue weighted by molar-refractivity contribution is -0.141. The lowest BCUT2D eigenvalue weighted by Crippen LogP contribution is -2.35. The van der Waals surface area contributed by atoms with E-state index in [9.17, 15) is 21.6 Å². The summed E-state index contributed by atoms with van der Waals surface area (Å²) in [4.78, 5) is 0. The van der Waals surface area contributed by atoms with E-state index in [1.165, 1.54) is 13.2 Å². The number of aromatic nitrogens is 2. The van der Waals surface area contributed by atoms with Gasteiger partial charge < -0.3 is 9.15 Å². The SMILES string of the molecule is COC[C@H](C)NS(=O)(=O)c1ccc(-c2cc(C(F)(F)F)[nH]n2)o1. The number of nitrogens with one attached hydrogen (secondary N) is 2. The fourth-order valence-electron chi connectivity index (χ4n) is 1.80. The second-order valence-electron chi connectivity index (χ2n) is 4.76. The van der Waals surface area contributed by atoms with Crippen molar-refractivity contribution in [2.45, 2.75) is 24.2 Å². The molecule has 2 N–H and O–H groups in total. The first-order valence-corrected chi connectivity index (χ1v) is 7.86. The van der Waals surface area contributed by atoms with Crippen LogP contribution < -0.4 is 4.72 Å². The van der Waals surface area contributed by atoms with Crippen LogP contribution >= 0.6 is 0 Å². The summed E-state index contributed by atoms with van der Waals surface area (Å²) in [6.45, 7) is 1.75. The summed E-state index contributed by atoms with van der Waals surface area (Å²) < 4.78 is 73.9. The van der Waals surface area contributed by atoms with Gasteiger partial charge in [-0.25, -0.2) is 13.1 Å². The summed E-state index contributed by atoms with van der Waals surface area (Å²) in [5.41, 5.74) is -1.20. The molecule has 0 aromatic carbocycles. The molecule has 1 atom stereocenters. The first-order valence-electron chi connectivity index (χ1n) is 6.37. The monoisotopic (exact) mass is 353 g/mol. The zero-order valence-corrected chi connectivity index (χ0v) is 13.0. The van der Waals surface area contributed by atoms with E-state index in [0.29, 0.717) is 0 Å². The lowest BCUT2D eigenvalue weighted by atomic mass is 10.3. The molecule has 2 aromatic rings. The molecule has 0 spiro atoms. The normalized spacial score (nSPS) is 14.1. The van der Waals surface area contributed by atoms with Crippen molar-refractivity contribution in [3.05, 3.63) is 23.9 Å². The summed E-state index contributed by atoms with van der Waals surface area (Å²) in [5, 5.41) is 4.87. The molecule has 0 aliphatic rings. The number of ether oxygens (including phenoxy) is 1. The van der Waals surface area contributed by atoms with Gasteiger partial charge in [-0.05, 0) is 25.1 Å². The first-order chi connectivity index (χ1) is 10.6. The van der Waals surface area contributed by atoms with Gasteiger partial charge in [-0.15, -0.1) is 0 Å². The average molecular weight is 353 g/mol. The summed E-state index contributed by atoms with van der Waals surface area (Å²) in [5.74, 6) is -0.100. The Kier molecular flexibility index (Phi) is 4.82. The van der Waals surface area contributed by atoms with Gasteiger partial charge in [0.1, 0.15) is 11.4 Å². The van der Waals surface area contributed by atoms with E-state index in [-0.39, 0.29) is 18.1 Å². The highest BCUT2D eigenvalue weighted by Gasteiger charge is 2.33. The molecule has 0 aliphatic heterocycles. The summed E-state index contributed by atoms with van der Waals surface area (Å²) in [7, 11) is -2.53. The molecule has 0 bridgehead atoms. The van der Waals surface area contributed by atoms with E-state index >= 15 is 0 Å². The van der Waals surface area contributed by atoms with Gasteiger partial charge in [-0.2, -0.15) is 18.3 Å². The lowest BCUT2D eigenvalue weighted by Gasteiger charge is -2.11. The zero-order chi connectivity index (χ0) is 17.3. The van der Waals surface area contributed by atoms with Crippen molar-refractivity contribution >= 4 is 10.0 Å². The van der Waals surface area contributed by atoms with E-state index < -0.39 is 33.0 Å². The fourth-order valence-corrected chi connectivity index (χ4v) is 2.96. The van der Waals surface area contributed by atoms with E-state index in [2.05, 4.69) is 9.82 Å². The van der Waals surface area contributed by atoms with Gasteiger partial charge in [0.15, 0.2) is 5.76 Å². The zero-order valence-electron chi connectivity index (χ0n) is 12.1. The summed E-state index contributed by atoms with van der Waals surface area (Å²) >= 11 is 0. The third-order valence-corrected chi connectivity index (χ3v) is 4.22. The minimum atomic E-state index is -4.58. The molecule has 0 radical (unpaired) electrons. The Morgan fingerprint density at radius 1 is 1.43 bits per heavy atom. The van der Waals surface area contributed by atoms with E-state index in [4.69, 9.17) is 9.15 Å². The molecular weight excluding hydrogens is 339 g/mol. The number of hydrogen-bond acceptors (Lipinski definition) is 5. The standard InChI is InChI=1S/C12H14F3N3O4S/c1-7(6-21-2)18-23(19,20)11-4-3-9(22-11)8-5-10(17-16-8)12(13,14)15/h3-5,7,18H,6H2,1-2H3,(H,16,17)/t7-/m0/s1. The summed E-state index contributed by atoms with van der Waals surface area (Å²) in [6, 6.07) is 2.60. The molecule has 0 saturated carbocycles. The number of sulfonamides is 1. The van der Waals surface area contributed by atoms with Crippen molar-refractivity contribution in [3.63, 3.8) is 0 Å². The Balaban J connectivity index is 2.22. The molecule has 2 heterocycles. The number of methoxy groups -OCH3 is 1. The molecule has 2 aromatic heterocycles. The van der Waals surface area contributed by atoms with Gasteiger partial charge in [0.25, 0.3) is 10.0 Å². The molecule has 128 valence electrons. The van der Waals surface area contributed by atoms with Gasteiger partial charge in [0.2, 0.25) is 5.09 Å². The van der Waals surface area contributed by atoms with Gasteiger partial charge >= 0.3 is 6.18 Å². The number of halogens is 3. The highest BCUT2D eigenvalue weighted by molar-refractivity contribution is 7.89. The molecule has 0 aliphatic carbocycles. The Hall–Kier alpha value is -1.85. The van der Waals surface area contributed by atoms with Crippen LogP contribution in [0.15, 0.2) is 27.7 Å². The molecule has 0 amide bonds. The van der Waals surface area contributed by atoms with Crippen molar-refractivity contribution in [2.75, 3.05) is 13.7 Å². The summed E-state index contributed by atoms with van der Waals surface area (Å²) in [6.07, 6.45) is -4.58. The van der Waals surface area contributed by atoms with Crippen molar-refractivity contribution in [1.29, 1.82) is 0 Å². The second-order valence-corrected chi connectivity index (χ2v) is 6.41. The van der Waals surface area contributed by atoms with Crippen LogP contribution in [0.5, 0.6) is 0 Å². The van der Waals surface area contributed by atoms with Crippen LogP contribution in [0, 0.1) is 0 Å². The van der Waals surface area contributed by atoms with Crippen LogP contribution in [0.2, 0.25) is 0 Å². The second kappa shape index (κ2) is 6.34. The van der Waals surface area contributed by atoms with E-state index in [1.54, 1.807) is 6.92 Å². The van der Waals surface area contributed by atoms with Crippen LogP contribution in [0.1, 0.15) is 12.6 Å². The van der Waals surface area contributed by atoms with Crippen LogP contribution in [-0.4, -0.2) is 38.4 Å². The Morgan fingerprint density at radius 3 is 2.70 bits per heavy atom. The minimum absolute atomic E-state index is 0.100. The third kappa shape index (κ3) is 4.12. The largest absolute Gasteiger partial charge is 0.442 e. The quantitative estimate of drug-likeness (QED) is 0.828. The molecule has 23 heavy (non-hydrogen) atoms. The van der Waals surface area contributed by atoms with Crippen molar-refractivity contribution < 1.29 is 30.7 Å². The number of nitrogens with zero attached hydrogens (tertiary/aromatic N) is 1. The number of alkyl halides is 3. The van der Waals surface area contributed by atoms with E-state index in [0.717, 1.165) is 12.1 Å². The van der Waals surface area contributed by atoms with Crippen molar-refractivity contribution in [1.82, 2.24) is 14.9 Å². The molecular formula is C12H14F3N3O4S. The molecule has 7 nitrogen and oxygen atoms in total. The van der Waals surface area contributed by atoms with Gasteiger partial charge in [-0.1, -0.05) is 0 Å². The minimum Gasteiger partial charge on any atom is -0.442 e. The maximum atomic E-state index is 12.5. The number of H-pyrrole nitrogens is 1. The smallest absolute Gasteiger partial charge is 0.432 e.